The Morgan fingerprint density at radius 3 is 2.80 bits per heavy atom. The van der Waals surface area contributed by atoms with E-state index in [1.807, 2.05) is 0 Å². The van der Waals surface area contributed by atoms with E-state index < -0.39 is 4.92 Å². The van der Waals surface area contributed by atoms with Gasteiger partial charge in [-0.3, -0.25) is 14.9 Å². The Morgan fingerprint density at radius 1 is 1.20 bits per heavy atom. The quantitative estimate of drug-likeness (QED) is 0.509. The van der Waals surface area contributed by atoms with E-state index in [1.165, 1.54) is 18.3 Å². The Kier molecular flexibility index (Phi) is 4.89. The number of hydrogen-bond donors (Lipinski definition) is 1. The minimum atomic E-state index is -0.499. The first-order chi connectivity index (χ1) is 12.1. The summed E-state index contributed by atoms with van der Waals surface area (Å²) >= 11 is 0. The number of hydrogen-bond acceptors (Lipinski definition) is 6. The number of nitro groups is 1. The molecule has 1 aliphatic heterocycles. The number of non-ortho nitro benzene ring substituents is 1. The SMILES string of the molecule is O=C(Cc1cccc([N+](=O)[O-])c1)NN=Cc1ccc2c(c1)OCCO2. The average Bonchev–Trinajstić information content (AvgIpc) is 2.62. The Hall–Kier alpha value is -3.42. The number of ether oxygens (including phenoxy) is 2. The topological polar surface area (TPSA) is 103 Å². The zero-order valence-corrected chi connectivity index (χ0v) is 13.2. The van der Waals surface area contributed by atoms with E-state index in [9.17, 15) is 14.9 Å². The molecule has 1 aliphatic rings. The molecular weight excluding hydrogens is 326 g/mol. The van der Waals surface area contributed by atoms with Gasteiger partial charge in [0.2, 0.25) is 5.91 Å². The van der Waals surface area contributed by atoms with Crippen molar-refractivity contribution in [3.05, 3.63) is 63.7 Å². The maximum absolute atomic E-state index is 11.9. The number of hydrazone groups is 1. The van der Waals surface area contributed by atoms with Gasteiger partial charge in [0, 0.05) is 12.1 Å². The molecule has 0 bridgehead atoms. The van der Waals surface area contributed by atoms with E-state index in [1.54, 1.807) is 30.3 Å². The molecule has 25 heavy (non-hydrogen) atoms. The standard InChI is InChI=1S/C17H15N3O5/c21-17(10-12-2-1-3-14(8-12)20(22)23)19-18-11-13-4-5-15-16(9-13)25-7-6-24-15/h1-5,8-9,11H,6-7,10H2,(H,19,21). The fourth-order valence-corrected chi connectivity index (χ4v) is 2.32. The van der Waals surface area contributed by atoms with Crippen LogP contribution in [-0.4, -0.2) is 30.3 Å². The number of nitrogens with zero attached hydrogens (tertiary/aromatic N) is 2. The summed E-state index contributed by atoms with van der Waals surface area (Å²) in [7, 11) is 0. The van der Waals surface area contributed by atoms with E-state index in [0.717, 1.165) is 5.56 Å². The first-order valence-electron chi connectivity index (χ1n) is 7.57. The number of amides is 1. The largest absolute Gasteiger partial charge is 0.486 e. The number of nitro benzene ring substituents is 1. The van der Waals surface area contributed by atoms with Crippen LogP contribution in [0.4, 0.5) is 5.69 Å². The third kappa shape index (κ3) is 4.31. The maximum atomic E-state index is 11.9. The van der Waals surface area contributed by atoms with Crippen molar-refractivity contribution in [2.45, 2.75) is 6.42 Å². The predicted octanol–water partition coefficient (Wildman–Crippen LogP) is 2.06. The van der Waals surface area contributed by atoms with Gasteiger partial charge in [-0.25, -0.2) is 5.43 Å². The lowest BCUT2D eigenvalue weighted by molar-refractivity contribution is -0.384. The lowest BCUT2D eigenvalue weighted by atomic mass is 10.1. The van der Waals surface area contributed by atoms with Crippen LogP contribution in [0, 0.1) is 10.1 Å². The van der Waals surface area contributed by atoms with Crippen molar-refractivity contribution in [2.24, 2.45) is 5.10 Å². The second-order valence-electron chi connectivity index (χ2n) is 5.30. The lowest BCUT2D eigenvalue weighted by Gasteiger charge is -2.18. The van der Waals surface area contributed by atoms with E-state index >= 15 is 0 Å². The van der Waals surface area contributed by atoms with Crippen LogP contribution in [0.1, 0.15) is 11.1 Å². The van der Waals surface area contributed by atoms with Crippen LogP contribution in [0.3, 0.4) is 0 Å². The van der Waals surface area contributed by atoms with Crippen molar-refractivity contribution in [3.8, 4) is 11.5 Å². The Morgan fingerprint density at radius 2 is 2.00 bits per heavy atom. The number of carbonyl (C=O) groups is 1. The molecule has 0 aliphatic carbocycles. The molecule has 0 radical (unpaired) electrons. The van der Waals surface area contributed by atoms with Crippen LogP contribution >= 0.6 is 0 Å². The van der Waals surface area contributed by atoms with Crippen LogP contribution in [0.15, 0.2) is 47.6 Å². The van der Waals surface area contributed by atoms with Crippen molar-refractivity contribution in [3.63, 3.8) is 0 Å². The smallest absolute Gasteiger partial charge is 0.269 e. The molecule has 8 heteroatoms. The molecule has 1 amide bonds. The van der Waals surface area contributed by atoms with Gasteiger partial charge in [-0.15, -0.1) is 0 Å². The highest BCUT2D eigenvalue weighted by molar-refractivity contribution is 5.84. The fourth-order valence-electron chi connectivity index (χ4n) is 2.32. The van der Waals surface area contributed by atoms with Crippen molar-refractivity contribution in [2.75, 3.05) is 13.2 Å². The van der Waals surface area contributed by atoms with Crippen LogP contribution in [0.5, 0.6) is 11.5 Å². The minimum Gasteiger partial charge on any atom is -0.486 e. The Labute approximate surface area is 143 Å². The molecular formula is C17H15N3O5. The second kappa shape index (κ2) is 7.43. The summed E-state index contributed by atoms with van der Waals surface area (Å²) in [5.74, 6) is 0.950. The molecule has 0 aromatic heterocycles. The molecule has 3 rings (SSSR count). The number of fused-ring (bicyclic) bond motifs is 1. The summed E-state index contributed by atoms with van der Waals surface area (Å²) in [5, 5.41) is 14.6. The maximum Gasteiger partial charge on any atom is 0.269 e. The highest BCUT2D eigenvalue weighted by Gasteiger charge is 2.11. The van der Waals surface area contributed by atoms with Gasteiger partial charge in [0.15, 0.2) is 11.5 Å². The third-order valence-corrected chi connectivity index (χ3v) is 3.46. The molecule has 2 aromatic carbocycles. The van der Waals surface area contributed by atoms with Crippen molar-refractivity contribution >= 4 is 17.8 Å². The van der Waals surface area contributed by atoms with Gasteiger partial charge >= 0.3 is 0 Å². The van der Waals surface area contributed by atoms with Gasteiger partial charge in [-0.2, -0.15) is 5.10 Å². The third-order valence-electron chi connectivity index (χ3n) is 3.46. The van der Waals surface area contributed by atoms with Gasteiger partial charge in [0.25, 0.3) is 5.69 Å². The van der Waals surface area contributed by atoms with Gasteiger partial charge in [-0.1, -0.05) is 12.1 Å². The summed E-state index contributed by atoms with van der Waals surface area (Å²) in [6.07, 6.45) is 1.49. The highest BCUT2D eigenvalue weighted by Crippen LogP contribution is 2.30. The number of rotatable bonds is 5. The molecule has 0 fully saturated rings. The summed E-state index contributed by atoms with van der Waals surface area (Å²) < 4.78 is 10.9. The molecule has 1 N–H and O–H groups in total. The van der Waals surface area contributed by atoms with E-state index in [-0.39, 0.29) is 18.0 Å². The first kappa shape index (κ1) is 16.4. The van der Waals surface area contributed by atoms with Gasteiger partial charge in [0.1, 0.15) is 13.2 Å². The molecule has 2 aromatic rings. The lowest BCUT2D eigenvalue weighted by Crippen LogP contribution is -2.19. The molecule has 1 heterocycles. The summed E-state index contributed by atoms with van der Waals surface area (Å²) in [6, 6.07) is 11.3. The fraction of sp³-hybridized carbons (Fsp3) is 0.176. The molecule has 128 valence electrons. The van der Waals surface area contributed by atoms with Crippen LogP contribution < -0.4 is 14.9 Å². The molecule has 0 saturated heterocycles. The normalized spacial score (nSPS) is 12.8. The Bertz CT molecular complexity index is 835. The molecule has 0 spiro atoms. The number of nitrogens with one attached hydrogen (secondary N) is 1. The zero-order valence-electron chi connectivity index (χ0n) is 13.2. The van der Waals surface area contributed by atoms with Crippen molar-refractivity contribution in [1.29, 1.82) is 0 Å². The molecule has 0 unspecified atom stereocenters. The summed E-state index contributed by atoms with van der Waals surface area (Å²) in [4.78, 5) is 22.1. The minimum absolute atomic E-state index is 0.000158. The highest BCUT2D eigenvalue weighted by atomic mass is 16.6. The van der Waals surface area contributed by atoms with E-state index in [2.05, 4.69) is 10.5 Å². The van der Waals surface area contributed by atoms with Crippen LogP contribution in [0.2, 0.25) is 0 Å². The Balaban J connectivity index is 1.57. The average molecular weight is 341 g/mol. The van der Waals surface area contributed by atoms with Gasteiger partial charge < -0.3 is 9.47 Å². The number of carbonyl (C=O) groups excluding carboxylic acids is 1. The predicted molar refractivity (Wildman–Crippen MR) is 90.0 cm³/mol. The van der Waals surface area contributed by atoms with Crippen molar-refractivity contribution in [1.82, 2.24) is 5.43 Å². The summed E-state index contributed by atoms with van der Waals surface area (Å²) in [6.45, 7) is 1.02. The molecule has 0 atom stereocenters. The van der Waals surface area contributed by atoms with Crippen LogP contribution in [0.25, 0.3) is 0 Å². The van der Waals surface area contributed by atoms with Crippen LogP contribution in [-0.2, 0) is 11.2 Å². The molecule has 0 saturated carbocycles. The monoisotopic (exact) mass is 341 g/mol. The molecule has 8 nitrogen and oxygen atoms in total. The number of benzene rings is 2. The van der Waals surface area contributed by atoms with Crippen molar-refractivity contribution < 1.29 is 19.2 Å². The van der Waals surface area contributed by atoms with Gasteiger partial charge in [0.05, 0.1) is 17.6 Å². The first-order valence-corrected chi connectivity index (χ1v) is 7.57. The second-order valence-corrected chi connectivity index (χ2v) is 5.30. The van der Waals surface area contributed by atoms with Gasteiger partial charge in [-0.05, 0) is 29.3 Å². The zero-order chi connectivity index (χ0) is 17.6. The van der Waals surface area contributed by atoms with E-state index in [4.69, 9.17) is 9.47 Å². The van der Waals surface area contributed by atoms with E-state index in [0.29, 0.717) is 30.3 Å². The summed E-state index contributed by atoms with van der Waals surface area (Å²) in [5.41, 5.74) is 3.64.